The maximum atomic E-state index is 5.59. The summed E-state index contributed by atoms with van der Waals surface area (Å²) in [5, 5.41) is 3.57. The van der Waals surface area contributed by atoms with Gasteiger partial charge in [0.25, 0.3) is 0 Å². The van der Waals surface area contributed by atoms with Crippen molar-refractivity contribution >= 4 is 5.96 Å². The van der Waals surface area contributed by atoms with Gasteiger partial charge in [-0.3, -0.25) is 9.89 Å². The normalized spacial score (nSPS) is 26.4. The fraction of sp³-hybridized carbons (Fsp3) is 0.722. The molecule has 0 amide bonds. The van der Waals surface area contributed by atoms with Crippen LogP contribution in [-0.2, 0) is 0 Å². The minimum atomic E-state index is 0.214. The lowest BCUT2D eigenvalue weighted by atomic mass is 9.82. The third kappa shape index (κ3) is 3.71. The molecule has 0 radical (unpaired) electrons. The van der Waals surface area contributed by atoms with Gasteiger partial charge in [-0.05, 0) is 50.9 Å². The highest BCUT2D eigenvalue weighted by molar-refractivity contribution is 5.80. The van der Waals surface area contributed by atoms with Crippen molar-refractivity contribution in [1.82, 2.24) is 15.1 Å². The average Bonchev–Trinajstić information content (AvgIpc) is 3.20. The van der Waals surface area contributed by atoms with Gasteiger partial charge in [-0.15, -0.1) is 0 Å². The SMILES string of the molecule is CN=C(NCC(c1ccco1)N(C)C)N1CC2CCCCC2C1. The summed E-state index contributed by atoms with van der Waals surface area (Å²) in [6, 6.07) is 4.21. The number of likely N-dealkylation sites (tertiary alicyclic amines) is 1. The van der Waals surface area contributed by atoms with Crippen molar-refractivity contribution in [2.24, 2.45) is 16.8 Å². The third-order valence-electron chi connectivity index (χ3n) is 5.44. The molecule has 2 aliphatic rings. The van der Waals surface area contributed by atoms with Crippen LogP contribution in [0.15, 0.2) is 27.8 Å². The van der Waals surface area contributed by atoms with Gasteiger partial charge in [-0.1, -0.05) is 12.8 Å². The van der Waals surface area contributed by atoms with Crippen LogP contribution in [0.25, 0.3) is 0 Å². The molecule has 2 heterocycles. The lowest BCUT2D eigenvalue weighted by Crippen LogP contribution is -2.43. The molecule has 1 N–H and O–H groups in total. The predicted octanol–water partition coefficient (Wildman–Crippen LogP) is 2.58. The molecular weight excluding hydrogens is 288 g/mol. The number of hydrogen-bond acceptors (Lipinski definition) is 3. The zero-order chi connectivity index (χ0) is 16.2. The molecular formula is C18H30N4O. The Morgan fingerprint density at radius 1 is 1.35 bits per heavy atom. The summed E-state index contributed by atoms with van der Waals surface area (Å²) in [5.74, 6) is 3.78. The molecule has 3 atom stereocenters. The van der Waals surface area contributed by atoms with Crippen LogP contribution in [0.3, 0.4) is 0 Å². The van der Waals surface area contributed by atoms with E-state index in [1.54, 1.807) is 6.26 Å². The number of nitrogens with one attached hydrogen (secondary N) is 1. The average molecular weight is 318 g/mol. The van der Waals surface area contributed by atoms with Crippen molar-refractivity contribution in [3.05, 3.63) is 24.2 Å². The van der Waals surface area contributed by atoms with E-state index in [0.717, 1.165) is 43.2 Å². The van der Waals surface area contributed by atoms with E-state index in [-0.39, 0.29) is 6.04 Å². The zero-order valence-electron chi connectivity index (χ0n) is 14.7. The summed E-state index contributed by atoms with van der Waals surface area (Å²) in [4.78, 5) is 9.16. The van der Waals surface area contributed by atoms with Crippen molar-refractivity contribution in [2.45, 2.75) is 31.7 Å². The second kappa shape index (κ2) is 7.39. The molecule has 1 aliphatic carbocycles. The first-order chi connectivity index (χ1) is 11.2. The Balaban J connectivity index is 1.59. The molecule has 1 saturated heterocycles. The van der Waals surface area contributed by atoms with Gasteiger partial charge in [0.2, 0.25) is 0 Å². The number of hydrogen-bond donors (Lipinski definition) is 1. The number of nitrogens with zero attached hydrogens (tertiary/aromatic N) is 3. The van der Waals surface area contributed by atoms with Crippen molar-refractivity contribution in [1.29, 1.82) is 0 Å². The monoisotopic (exact) mass is 318 g/mol. The summed E-state index contributed by atoms with van der Waals surface area (Å²) in [6.07, 6.45) is 7.34. The van der Waals surface area contributed by atoms with E-state index in [4.69, 9.17) is 4.42 Å². The van der Waals surface area contributed by atoms with Crippen LogP contribution in [0.1, 0.15) is 37.5 Å². The molecule has 3 unspecified atom stereocenters. The van der Waals surface area contributed by atoms with Gasteiger partial charge >= 0.3 is 0 Å². The van der Waals surface area contributed by atoms with Crippen LogP contribution in [-0.4, -0.2) is 56.5 Å². The molecule has 1 saturated carbocycles. The van der Waals surface area contributed by atoms with Gasteiger partial charge in [0.1, 0.15) is 5.76 Å². The van der Waals surface area contributed by atoms with Gasteiger partial charge in [-0.2, -0.15) is 0 Å². The summed E-state index contributed by atoms with van der Waals surface area (Å²) in [6.45, 7) is 3.13. The quantitative estimate of drug-likeness (QED) is 0.684. The predicted molar refractivity (Wildman–Crippen MR) is 93.5 cm³/mol. The molecule has 5 heteroatoms. The van der Waals surface area contributed by atoms with Gasteiger partial charge in [-0.25, -0.2) is 0 Å². The van der Waals surface area contributed by atoms with Crippen molar-refractivity contribution in [3.8, 4) is 0 Å². The molecule has 5 nitrogen and oxygen atoms in total. The molecule has 1 aromatic rings. The Kier molecular flexibility index (Phi) is 5.26. The summed E-state index contributed by atoms with van der Waals surface area (Å²) < 4.78 is 5.59. The first-order valence-corrected chi connectivity index (χ1v) is 8.84. The standard InChI is InChI=1S/C18H30N4O/c1-19-18(22-12-14-7-4-5-8-15(14)13-22)20-11-16(21(2)3)17-9-6-10-23-17/h6,9-10,14-16H,4-5,7-8,11-13H2,1-3H3,(H,19,20). The molecule has 0 spiro atoms. The summed E-state index contributed by atoms with van der Waals surface area (Å²) >= 11 is 0. The Hall–Kier alpha value is -1.49. The molecule has 23 heavy (non-hydrogen) atoms. The largest absolute Gasteiger partial charge is 0.468 e. The molecule has 128 valence electrons. The van der Waals surface area contributed by atoms with Crippen LogP contribution in [0.2, 0.25) is 0 Å². The number of likely N-dealkylation sites (N-methyl/N-ethyl adjacent to an activating group) is 1. The zero-order valence-corrected chi connectivity index (χ0v) is 14.7. The van der Waals surface area contributed by atoms with E-state index < -0.39 is 0 Å². The van der Waals surface area contributed by atoms with Gasteiger partial charge in [0.15, 0.2) is 5.96 Å². The molecule has 1 aromatic heterocycles. The number of guanidine groups is 1. The molecule has 2 fully saturated rings. The van der Waals surface area contributed by atoms with Crippen molar-refractivity contribution in [2.75, 3.05) is 40.8 Å². The maximum Gasteiger partial charge on any atom is 0.193 e. The molecule has 0 aromatic carbocycles. The fourth-order valence-electron chi connectivity index (χ4n) is 4.12. The van der Waals surface area contributed by atoms with E-state index in [1.165, 1.54) is 25.7 Å². The number of furan rings is 1. The van der Waals surface area contributed by atoms with Crippen LogP contribution in [0.5, 0.6) is 0 Å². The number of aliphatic imine (C=N–C) groups is 1. The Labute approximate surface area is 139 Å². The van der Waals surface area contributed by atoms with E-state index in [9.17, 15) is 0 Å². The van der Waals surface area contributed by atoms with Crippen molar-refractivity contribution in [3.63, 3.8) is 0 Å². The van der Waals surface area contributed by atoms with Gasteiger partial charge in [0, 0.05) is 26.7 Å². The van der Waals surface area contributed by atoms with E-state index in [0.29, 0.717) is 0 Å². The lowest BCUT2D eigenvalue weighted by molar-refractivity contribution is 0.256. The first kappa shape index (κ1) is 16.4. The minimum absolute atomic E-state index is 0.214. The van der Waals surface area contributed by atoms with Gasteiger partial charge in [0.05, 0.1) is 12.3 Å². The highest BCUT2D eigenvalue weighted by Gasteiger charge is 2.35. The number of fused-ring (bicyclic) bond motifs is 1. The lowest BCUT2D eigenvalue weighted by Gasteiger charge is -2.27. The fourth-order valence-corrected chi connectivity index (χ4v) is 4.12. The molecule has 0 bridgehead atoms. The summed E-state index contributed by atoms with van der Waals surface area (Å²) in [7, 11) is 6.06. The second-order valence-corrected chi connectivity index (χ2v) is 7.13. The molecule has 3 rings (SSSR count). The van der Waals surface area contributed by atoms with E-state index >= 15 is 0 Å². The minimum Gasteiger partial charge on any atom is -0.468 e. The van der Waals surface area contributed by atoms with E-state index in [2.05, 4.69) is 34.2 Å². The summed E-state index contributed by atoms with van der Waals surface area (Å²) in [5.41, 5.74) is 0. The second-order valence-electron chi connectivity index (χ2n) is 7.13. The van der Waals surface area contributed by atoms with Crippen LogP contribution >= 0.6 is 0 Å². The topological polar surface area (TPSA) is 44.0 Å². The Bertz CT molecular complexity index is 497. The van der Waals surface area contributed by atoms with Gasteiger partial charge < -0.3 is 14.6 Å². The molecule has 1 aliphatic heterocycles. The maximum absolute atomic E-state index is 5.59. The van der Waals surface area contributed by atoms with E-state index in [1.807, 2.05) is 19.2 Å². The van der Waals surface area contributed by atoms with Crippen LogP contribution < -0.4 is 5.32 Å². The van der Waals surface area contributed by atoms with Crippen molar-refractivity contribution < 1.29 is 4.42 Å². The number of rotatable bonds is 4. The Morgan fingerprint density at radius 3 is 2.57 bits per heavy atom. The third-order valence-corrected chi connectivity index (χ3v) is 5.44. The van der Waals surface area contributed by atoms with Crippen LogP contribution in [0, 0.1) is 11.8 Å². The highest BCUT2D eigenvalue weighted by atomic mass is 16.3. The first-order valence-electron chi connectivity index (χ1n) is 8.84. The highest BCUT2D eigenvalue weighted by Crippen LogP contribution is 2.36. The Morgan fingerprint density at radius 2 is 2.04 bits per heavy atom. The van der Waals surface area contributed by atoms with Crippen LogP contribution in [0.4, 0.5) is 0 Å². The smallest absolute Gasteiger partial charge is 0.193 e.